The smallest absolute Gasteiger partial charge is 0.308 e. The van der Waals surface area contributed by atoms with Crippen LogP contribution in [0.5, 0.6) is 11.5 Å². The summed E-state index contributed by atoms with van der Waals surface area (Å²) in [6, 6.07) is 4.89. The minimum atomic E-state index is -0.651. The summed E-state index contributed by atoms with van der Waals surface area (Å²) in [6.07, 6.45) is 3.21. The molecule has 1 aromatic carbocycles. The number of anilines is 1. The van der Waals surface area contributed by atoms with Gasteiger partial charge in [-0.25, -0.2) is 0 Å². The SMILES string of the molecule is COc1ccc(NC(=O)COC(=O)CCN2C(=O)C3CCCCC3C2=O)c(OC)c1. The minimum absolute atomic E-state index is 0.0164. The van der Waals surface area contributed by atoms with E-state index in [0.29, 0.717) is 17.2 Å². The summed E-state index contributed by atoms with van der Waals surface area (Å²) in [6.45, 7) is -0.501. The maximum absolute atomic E-state index is 12.4. The first-order valence-corrected chi connectivity index (χ1v) is 9.97. The van der Waals surface area contributed by atoms with Crippen LogP contribution in [0.4, 0.5) is 5.69 Å². The third-order valence-corrected chi connectivity index (χ3v) is 5.52. The number of ether oxygens (including phenoxy) is 3. The van der Waals surface area contributed by atoms with E-state index in [1.165, 1.54) is 19.1 Å². The highest BCUT2D eigenvalue weighted by atomic mass is 16.5. The van der Waals surface area contributed by atoms with Crippen molar-refractivity contribution in [2.24, 2.45) is 11.8 Å². The van der Waals surface area contributed by atoms with Crippen LogP contribution in [-0.2, 0) is 23.9 Å². The van der Waals surface area contributed by atoms with E-state index in [2.05, 4.69) is 5.32 Å². The lowest BCUT2D eigenvalue weighted by Crippen LogP contribution is -2.33. The minimum Gasteiger partial charge on any atom is -0.497 e. The number of hydrogen-bond acceptors (Lipinski definition) is 7. The lowest BCUT2D eigenvalue weighted by Gasteiger charge is -2.19. The predicted octanol–water partition coefficient (Wildman–Crippen LogP) is 1.75. The van der Waals surface area contributed by atoms with Crippen molar-refractivity contribution in [1.82, 2.24) is 4.90 Å². The van der Waals surface area contributed by atoms with Gasteiger partial charge in [0.05, 0.1) is 38.2 Å². The van der Waals surface area contributed by atoms with Gasteiger partial charge in [-0.05, 0) is 25.0 Å². The van der Waals surface area contributed by atoms with Crippen molar-refractivity contribution in [3.8, 4) is 11.5 Å². The molecule has 1 N–H and O–H groups in total. The van der Waals surface area contributed by atoms with Crippen LogP contribution in [-0.4, -0.2) is 56.0 Å². The molecule has 1 saturated carbocycles. The van der Waals surface area contributed by atoms with E-state index >= 15 is 0 Å². The Morgan fingerprint density at radius 1 is 1.07 bits per heavy atom. The van der Waals surface area contributed by atoms with Crippen molar-refractivity contribution in [2.45, 2.75) is 32.1 Å². The summed E-state index contributed by atoms with van der Waals surface area (Å²) >= 11 is 0. The number of nitrogens with zero attached hydrogens (tertiary/aromatic N) is 1. The Labute approximate surface area is 174 Å². The Morgan fingerprint density at radius 3 is 2.33 bits per heavy atom. The molecule has 9 heteroatoms. The van der Waals surface area contributed by atoms with E-state index in [1.807, 2.05) is 0 Å². The zero-order valence-corrected chi connectivity index (χ0v) is 17.1. The number of esters is 1. The lowest BCUT2D eigenvalue weighted by atomic mass is 9.81. The van der Waals surface area contributed by atoms with Crippen LogP contribution in [0.1, 0.15) is 32.1 Å². The van der Waals surface area contributed by atoms with Crippen molar-refractivity contribution in [3.63, 3.8) is 0 Å². The first kappa shape index (κ1) is 21.6. The number of likely N-dealkylation sites (tertiary alicyclic amines) is 1. The number of imide groups is 1. The molecule has 9 nitrogen and oxygen atoms in total. The Balaban J connectivity index is 1.45. The molecule has 2 aliphatic rings. The molecule has 162 valence electrons. The van der Waals surface area contributed by atoms with Crippen LogP contribution >= 0.6 is 0 Å². The molecular formula is C21H26N2O7. The average molecular weight is 418 g/mol. The third-order valence-electron chi connectivity index (χ3n) is 5.52. The highest BCUT2D eigenvalue weighted by Crippen LogP contribution is 2.38. The summed E-state index contributed by atoms with van der Waals surface area (Å²) in [5.41, 5.74) is 0.412. The molecule has 0 spiro atoms. The topological polar surface area (TPSA) is 111 Å². The molecule has 1 aromatic rings. The lowest BCUT2D eigenvalue weighted by molar-refractivity contribution is -0.148. The first-order valence-electron chi connectivity index (χ1n) is 9.97. The van der Waals surface area contributed by atoms with Crippen molar-refractivity contribution < 1.29 is 33.4 Å². The molecule has 30 heavy (non-hydrogen) atoms. The number of methoxy groups -OCH3 is 2. The quantitative estimate of drug-likeness (QED) is 0.506. The number of benzene rings is 1. The van der Waals surface area contributed by atoms with Gasteiger partial charge in [0.1, 0.15) is 11.5 Å². The van der Waals surface area contributed by atoms with Gasteiger partial charge in [-0.2, -0.15) is 0 Å². The number of carbonyl (C=O) groups is 4. The highest BCUT2D eigenvalue weighted by molar-refractivity contribution is 6.05. The van der Waals surface area contributed by atoms with Crippen LogP contribution < -0.4 is 14.8 Å². The van der Waals surface area contributed by atoms with Gasteiger partial charge in [0.15, 0.2) is 6.61 Å². The molecule has 2 unspecified atom stereocenters. The molecule has 2 fully saturated rings. The molecule has 1 aliphatic heterocycles. The van der Waals surface area contributed by atoms with Crippen LogP contribution in [0.3, 0.4) is 0 Å². The molecule has 1 saturated heterocycles. The van der Waals surface area contributed by atoms with Crippen LogP contribution in [0.25, 0.3) is 0 Å². The molecule has 1 heterocycles. The first-order chi connectivity index (χ1) is 14.4. The molecule has 3 amide bonds. The van der Waals surface area contributed by atoms with Crippen molar-refractivity contribution in [3.05, 3.63) is 18.2 Å². The van der Waals surface area contributed by atoms with Crippen LogP contribution in [0.15, 0.2) is 18.2 Å². The number of hydrogen-bond donors (Lipinski definition) is 1. The Hall–Kier alpha value is -3.10. The number of carbonyl (C=O) groups excluding carboxylic acids is 4. The van der Waals surface area contributed by atoms with Gasteiger partial charge in [-0.15, -0.1) is 0 Å². The van der Waals surface area contributed by atoms with Gasteiger partial charge < -0.3 is 19.5 Å². The van der Waals surface area contributed by atoms with Gasteiger partial charge >= 0.3 is 5.97 Å². The molecule has 2 atom stereocenters. The largest absolute Gasteiger partial charge is 0.497 e. The summed E-state index contributed by atoms with van der Waals surface area (Å²) in [7, 11) is 2.98. The number of fused-ring (bicyclic) bond motifs is 1. The monoisotopic (exact) mass is 418 g/mol. The number of amides is 3. The molecule has 0 radical (unpaired) electrons. The second-order valence-electron chi connectivity index (χ2n) is 7.35. The van der Waals surface area contributed by atoms with E-state index < -0.39 is 18.5 Å². The zero-order valence-electron chi connectivity index (χ0n) is 17.1. The van der Waals surface area contributed by atoms with Gasteiger partial charge in [0.2, 0.25) is 11.8 Å². The van der Waals surface area contributed by atoms with E-state index in [-0.39, 0.29) is 36.6 Å². The van der Waals surface area contributed by atoms with Crippen LogP contribution in [0.2, 0.25) is 0 Å². The normalized spacial score (nSPS) is 20.5. The molecule has 0 aromatic heterocycles. The van der Waals surface area contributed by atoms with E-state index in [9.17, 15) is 19.2 Å². The van der Waals surface area contributed by atoms with E-state index in [0.717, 1.165) is 25.7 Å². The number of rotatable bonds is 8. The zero-order chi connectivity index (χ0) is 21.7. The fourth-order valence-corrected chi connectivity index (χ4v) is 3.96. The van der Waals surface area contributed by atoms with E-state index in [1.54, 1.807) is 18.2 Å². The highest BCUT2D eigenvalue weighted by Gasteiger charge is 2.47. The van der Waals surface area contributed by atoms with Gasteiger partial charge in [-0.3, -0.25) is 24.1 Å². The summed E-state index contributed by atoms with van der Waals surface area (Å²) in [4.78, 5) is 50.1. The Kier molecular flexibility index (Phi) is 6.91. The fraction of sp³-hybridized carbons (Fsp3) is 0.524. The maximum atomic E-state index is 12.4. The van der Waals surface area contributed by atoms with Gasteiger partial charge in [0, 0.05) is 12.6 Å². The van der Waals surface area contributed by atoms with E-state index in [4.69, 9.17) is 14.2 Å². The second kappa shape index (κ2) is 9.60. The summed E-state index contributed by atoms with van der Waals surface area (Å²) in [5, 5.41) is 2.60. The average Bonchev–Trinajstić information content (AvgIpc) is 3.01. The molecule has 3 rings (SSSR count). The van der Waals surface area contributed by atoms with Gasteiger partial charge in [0.25, 0.3) is 5.91 Å². The Bertz CT molecular complexity index is 815. The summed E-state index contributed by atoms with van der Waals surface area (Å²) in [5.74, 6) is -1.08. The van der Waals surface area contributed by atoms with Crippen molar-refractivity contribution >= 4 is 29.4 Å². The van der Waals surface area contributed by atoms with Crippen LogP contribution in [0, 0.1) is 11.8 Å². The Morgan fingerprint density at radius 2 is 1.73 bits per heavy atom. The molecular weight excluding hydrogens is 392 g/mol. The third kappa shape index (κ3) is 4.72. The van der Waals surface area contributed by atoms with Crippen molar-refractivity contribution in [2.75, 3.05) is 32.7 Å². The molecule has 0 bridgehead atoms. The maximum Gasteiger partial charge on any atom is 0.308 e. The second-order valence-corrected chi connectivity index (χ2v) is 7.35. The molecule has 1 aliphatic carbocycles. The van der Waals surface area contributed by atoms with Crippen molar-refractivity contribution in [1.29, 1.82) is 0 Å². The standard InChI is InChI=1S/C21H26N2O7/c1-28-13-7-8-16(17(11-13)29-2)22-18(24)12-30-19(25)9-10-23-20(26)14-5-3-4-6-15(14)21(23)27/h7-8,11,14-15H,3-6,9-10,12H2,1-2H3,(H,22,24). The predicted molar refractivity (Wildman–Crippen MR) is 106 cm³/mol. The number of nitrogens with one attached hydrogen (secondary N) is 1. The summed E-state index contributed by atoms with van der Waals surface area (Å²) < 4.78 is 15.3. The van der Waals surface area contributed by atoms with Gasteiger partial charge in [-0.1, -0.05) is 12.8 Å². The fourth-order valence-electron chi connectivity index (χ4n) is 3.96.